The summed E-state index contributed by atoms with van der Waals surface area (Å²) in [6, 6.07) is 9.86. The van der Waals surface area contributed by atoms with Crippen LogP contribution in [-0.4, -0.2) is 43.8 Å². The van der Waals surface area contributed by atoms with Crippen LogP contribution in [0.15, 0.2) is 41.3 Å². The van der Waals surface area contributed by atoms with Crippen molar-refractivity contribution < 1.29 is 22.7 Å². The number of amides is 1. The molecular formula is C24H29ClN2O5S. The number of aryl methyl sites for hydroxylation is 3. The fourth-order valence-corrected chi connectivity index (χ4v) is 5.68. The number of nitrogens with zero attached hydrogens (tertiary/aromatic N) is 1. The highest BCUT2D eigenvalue weighted by molar-refractivity contribution is 7.89. The predicted octanol–water partition coefficient (Wildman–Crippen LogP) is 4.24. The minimum atomic E-state index is -3.76. The topological polar surface area (TPSA) is 92.8 Å². The van der Waals surface area contributed by atoms with Crippen LogP contribution in [0.3, 0.4) is 0 Å². The van der Waals surface area contributed by atoms with Gasteiger partial charge in [0.05, 0.1) is 10.8 Å². The summed E-state index contributed by atoms with van der Waals surface area (Å²) < 4.78 is 32.6. The van der Waals surface area contributed by atoms with E-state index in [2.05, 4.69) is 5.32 Å². The molecule has 9 heteroatoms. The highest BCUT2D eigenvalue weighted by atomic mass is 35.5. The smallest absolute Gasteiger partial charge is 0.311 e. The maximum absolute atomic E-state index is 13.0. The lowest BCUT2D eigenvalue weighted by molar-refractivity contribution is -0.158. The van der Waals surface area contributed by atoms with Gasteiger partial charge in [-0.1, -0.05) is 29.3 Å². The molecule has 1 aliphatic heterocycles. The molecule has 1 heterocycles. The van der Waals surface area contributed by atoms with E-state index in [0.717, 1.165) is 16.7 Å². The summed E-state index contributed by atoms with van der Waals surface area (Å²) in [5, 5.41) is 3.28. The fraction of sp³-hybridized carbons (Fsp3) is 0.417. The number of piperidine rings is 1. The molecule has 1 N–H and O–H groups in total. The number of benzene rings is 2. The maximum Gasteiger partial charge on any atom is 0.311 e. The third kappa shape index (κ3) is 5.93. The van der Waals surface area contributed by atoms with E-state index >= 15 is 0 Å². The molecule has 2 aromatic rings. The number of carbonyl (C=O) groups excluding carboxylic acids is 2. The van der Waals surface area contributed by atoms with Crippen molar-refractivity contribution in [3.05, 3.63) is 58.1 Å². The van der Waals surface area contributed by atoms with Gasteiger partial charge in [-0.05, 0) is 75.9 Å². The molecule has 7 nitrogen and oxygen atoms in total. The van der Waals surface area contributed by atoms with Crippen LogP contribution in [0.5, 0.6) is 0 Å². The van der Waals surface area contributed by atoms with E-state index in [1.807, 2.05) is 32.9 Å². The molecule has 2 unspecified atom stereocenters. The molecule has 0 radical (unpaired) electrons. The summed E-state index contributed by atoms with van der Waals surface area (Å²) in [5.74, 6) is -1.65. The van der Waals surface area contributed by atoms with Crippen molar-refractivity contribution in [3.63, 3.8) is 0 Å². The molecule has 0 aromatic heterocycles. The minimum absolute atomic E-state index is 0.00824. The Morgan fingerprint density at radius 1 is 1.12 bits per heavy atom. The second kappa shape index (κ2) is 10.2. The van der Waals surface area contributed by atoms with E-state index in [9.17, 15) is 18.0 Å². The quantitative estimate of drug-likeness (QED) is 0.609. The number of hydrogen-bond acceptors (Lipinski definition) is 5. The summed E-state index contributed by atoms with van der Waals surface area (Å²) in [6.07, 6.45) is 0.00566. The SMILES string of the molecule is Cc1cc(C)c(NC(=O)C(C)OC(=O)C2CCCN(S(=O)(=O)c3ccc(Cl)cc3)C2)c(C)c1. The van der Waals surface area contributed by atoms with Crippen LogP contribution in [0.1, 0.15) is 36.5 Å². The van der Waals surface area contributed by atoms with Crippen molar-refractivity contribution in [1.29, 1.82) is 0 Å². The molecule has 0 aliphatic carbocycles. The van der Waals surface area contributed by atoms with E-state index in [-0.39, 0.29) is 11.4 Å². The number of sulfonamides is 1. The zero-order valence-electron chi connectivity index (χ0n) is 19.2. The van der Waals surface area contributed by atoms with Gasteiger partial charge >= 0.3 is 5.97 Å². The molecule has 33 heavy (non-hydrogen) atoms. The Morgan fingerprint density at radius 3 is 2.33 bits per heavy atom. The van der Waals surface area contributed by atoms with Crippen LogP contribution in [0, 0.1) is 26.7 Å². The van der Waals surface area contributed by atoms with Gasteiger partial charge in [-0.25, -0.2) is 8.42 Å². The first kappa shape index (κ1) is 25.2. The van der Waals surface area contributed by atoms with Crippen molar-refractivity contribution in [1.82, 2.24) is 4.31 Å². The van der Waals surface area contributed by atoms with Crippen LogP contribution in [-0.2, 0) is 24.3 Å². The first-order valence-corrected chi connectivity index (χ1v) is 12.7. The van der Waals surface area contributed by atoms with Crippen molar-refractivity contribution in [2.24, 2.45) is 5.92 Å². The van der Waals surface area contributed by atoms with Gasteiger partial charge in [-0.3, -0.25) is 9.59 Å². The standard InChI is InChI=1S/C24H29ClN2O5S/c1-15-12-16(2)22(17(3)13-15)26-23(28)18(4)32-24(29)19-6-5-11-27(14-19)33(30,31)21-9-7-20(25)8-10-21/h7-10,12-13,18-19H,5-6,11,14H2,1-4H3,(H,26,28). The van der Waals surface area contributed by atoms with Crippen LogP contribution >= 0.6 is 11.6 Å². The molecule has 2 aromatic carbocycles. The largest absolute Gasteiger partial charge is 0.452 e. The Kier molecular flexibility index (Phi) is 7.82. The minimum Gasteiger partial charge on any atom is -0.452 e. The fourth-order valence-electron chi connectivity index (χ4n) is 4.03. The highest BCUT2D eigenvalue weighted by Gasteiger charge is 2.35. The summed E-state index contributed by atoms with van der Waals surface area (Å²) in [4.78, 5) is 25.5. The van der Waals surface area contributed by atoms with Gasteiger partial charge in [0.15, 0.2) is 6.10 Å². The predicted molar refractivity (Wildman–Crippen MR) is 128 cm³/mol. The molecule has 0 saturated carbocycles. The summed E-state index contributed by atoms with van der Waals surface area (Å²) in [5.41, 5.74) is 3.65. The van der Waals surface area contributed by atoms with Crippen LogP contribution < -0.4 is 5.32 Å². The number of ether oxygens (including phenoxy) is 1. The average Bonchev–Trinajstić information content (AvgIpc) is 2.76. The first-order chi connectivity index (χ1) is 15.5. The molecule has 1 aliphatic rings. The zero-order valence-corrected chi connectivity index (χ0v) is 20.8. The first-order valence-electron chi connectivity index (χ1n) is 10.8. The number of halogens is 1. The monoisotopic (exact) mass is 492 g/mol. The number of esters is 1. The number of anilines is 1. The molecule has 3 rings (SSSR count). The van der Waals surface area contributed by atoms with E-state index < -0.39 is 33.9 Å². The Balaban J connectivity index is 1.64. The number of carbonyl (C=O) groups is 2. The highest BCUT2D eigenvalue weighted by Crippen LogP contribution is 2.26. The lowest BCUT2D eigenvalue weighted by Gasteiger charge is -2.31. The molecule has 1 saturated heterocycles. The summed E-state index contributed by atoms with van der Waals surface area (Å²) >= 11 is 5.86. The lowest BCUT2D eigenvalue weighted by atomic mass is 10.00. The normalized spacial score (nSPS) is 17.9. The van der Waals surface area contributed by atoms with Crippen LogP contribution in [0.2, 0.25) is 5.02 Å². The molecule has 2 atom stereocenters. The van der Waals surface area contributed by atoms with Crippen molar-refractivity contribution in [3.8, 4) is 0 Å². The van der Waals surface area contributed by atoms with E-state index in [1.54, 1.807) is 0 Å². The van der Waals surface area contributed by atoms with Gasteiger partial charge in [0.1, 0.15) is 0 Å². The van der Waals surface area contributed by atoms with Gasteiger partial charge in [-0.15, -0.1) is 0 Å². The molecule has 0 bridgehead atoms. The Labute approximate surface area is 200 Å². The Bertz CT molecular complexity index is 1120. The second-order valence-electron chi connectivity index (χ2n) is 8.50. The van der Waals surface area contributed by atoms with E-state index in [1.165, 1.54) is 35.5 Å². The van der Waals surface area contributed by atoms with E-state index in [0.29, 0.717) is 30.1 Å². The third-order valence-corrected chi connectivity index (χ3v) is 7.89. The number of rotatable bonds is 6. The van der Waals surface area contributed by atoms with Crippen molar-refractivity contribution >= 4 is 39.2 Å². The molecule has 1 fully saturated rings. The zero-order chi connectivity index (χ0) is 24.3. The number of hydrogen-bond donors (Lipinski definition) is 1. The summed E-state index contributed by atoms with van der Waals surface area (Å²) in [6.45, 7) is 7.63. The molecular weight excluding hydrogens is 464 g/mol. The Hall–Kier alpha value is -2.42. The van der Waals surface area contributed by atoms with Crippen LogP contribution in [0.4, 0.5) is 5.69 Å². The molecule has 1 amide bonds. The lowest BCUT2D eigenvalue weighted by Crippen LogP contribution is -2.44. The van der Waals surface area contributed by atoms with Crippen LogP contribution in [0.25, 0.3) is 0 Å². The second-order valence-corrected chi connectivity index (χ2v) is 10.9. The Morgan fingerprint density at radius 2 is 1.73 bits per heavy atom. The number of nitrogens with one attached hydrogen (secondary N) is 1. The van der Waals surface area contributed by atoms with Gasteiger partial charge in [0.2, 0.25) is 10.0 Å². The average molecular weight is 493 g/mol. The third-order valence-electron chi connectivity index (χ3n) is 5.76. The van der Waals surface area contributed by atoms with Gasteiger partial charge in [0.25, 0.3) is 5.91 Å². The van der Waals surface area contributed by atoms with Gasteiger partial charge in [-0.2, -0.15) is 4.31 Å². The van der Waals surface area contributed by atoms with Crippen molar-refractivity contribution in [2.75, 3.05) is 18.4 Å². The van der Waals surface area contributed by atoms with E-state index in [4.69, 9.17) is 16.3 Å². The maximum atomic E-state index is 13.0. The molecule has 178 valence electrons. The van der Waals surface area contributed by atoms with Crippen molar-refractivity contribution in [2.45, 2.75) is 51.5 Å². The van der Waals surface area contributed by atoms with Gasteiger partial charge in [0, 0.05) is 23.8 Å². The summed E-state index contributed by atoms with van der Waals surface area (Å²) in [7, 11) is -3.76. The van der Waals surface area contributed by atoms with Gasteiger partial charge < -0.3 is 10.1 Å². The molecule has 0 spiro atoms.